The van der Waals surface area contributed by atoms with E-state index in [4.69, 9.17) is 0 Å². The highest BCUT2D eigenvalue weighted by atomic mass is 19.1. The van der Waals surface area contributed by atoms with Crippen molar-refractivity contribution in [3.8, 4) is 0 Å². The van der Waals surface area contributed by atoms with Crippen molar-refractivity contribution in [3.63, 3.8) is 0 Å². The summed E-state index contributed by atoms with van der Waals surface area (Å²) < 4.78 is 13.1. The second-order valence-corrected chi connectivity index (χ2v) is 7.09. The number of rotatable bonds is 3. The van der Waals surface area contributed by atoms with E-state index in [9.17, 15) is 14.6 Å². The van der Waals surface area contributed by atoms with E-state index in [-0.39, 0.29) is 11.9 Å². The third kappa shape index (κ3) is 5.11. The Morgan fingerprint density at radius 2 is 1.52 bits per heavy atom. The molecule has 1 aliphatic carbocycles. The second-order valence-electron chi connectivity index (χ2n) is 7.09. The minimum atomic E-state index is -0.639. The van der Waals surface area contributed by atoms with Crippen molar-refractivity contribution in [1.82, 2.24) is 4.90 Å². The van der Waals surface area contributed by atoms with Crippen LogP contribution in [0.1, 0.15) is 24.5 Å². The molecule has 0 radical (unpaired) electrons. The van der Waals surface area contributed by atoms with Crippen LogP contribution in [0.5, 0.6) is 0 Å². The lowest BCUT2D eigenvalue weighted by Crippen LogP contribution is -2.28. The average molecular weight is 343 g/mol. The number of hydrogen-bond donors (Lipinski definition) is 2. The van der Waals surface area contributed by atoms with E-state index in [1.54, 1.807) is 12.1 Å². The lowest BCUT2D eigenvalue weighted by Gasteiger charge is -2.21. The predicted octanol–water partition coefficient (Wildman–Crippen LogP) is 3.25. The smallest absolute Gasteiger partial charge is 0.123 e. The van der Waals surface area contributed by atoms with Gasteiger partial charge in [-0.2, -0.15) is 0 Å². The largest absolute Gasteiger partial charge is 0.393 e. The third-order valence-corrected chi connectivity index (χ3v) is 5.13. The standard InChI is InChI=1S/C15H20FNO2.C6H6/c16-13-3-1-2-10(4-13)15(19)9-17-7-11-5-14(18)6-12(11)8-17;1-2-4-6-5-3-1/h1-4,11-12,14-15,18-19H,5-9H2;1-6H/t11-,12+,14?,15?;. The van der Waals surface area contributed by atoms with Crippen molar-refractivity contribution < 1.29 is 14.6 Å². The molecule has 2 fully saturated rings. The molecule has 1 aliphatic heterocycles. The second kappa shape index (κ2) is 8.56. The maximum Gasteiger partial charge on any atom is 0.123 e. The molecule has 134 valence electrons. The Bertz CT molecular complexity index is 611. The van der Waals surface area contributed by atoms with E-state index in [0.29, 0.717) is 23.9 Å². The maximum atomic E-state index is 13.1. The van der Waals surface area contributed by atoms with E-state index < -0.39 is 6.10 Å². The molecule has 4 rings (SSSR count). The summed E-state index contributed by atoms with van der Waals surface area (Å²) in [4.78, 5) is 2.23. The highest BCUT2D eigenvalue weighted by Gasteiger charge is 2.40. The molecule has 2 aromatic carbocycles. The minimum absolute atomic E-state index is 0.134. The fourth-order valence-corrected chi connectivity index (χ4v) is 3.96. The molecule has 0 amide bonds. The fourth-order valence-electron chi connectivity index (χ4n) is 3.96. The monoisotopic (exact) mass is 343 g/mol. The molecule has 0 aromatic heterocycles. The molecule has 4 atom stereocenters. The van der Waals surface area contributed by atoms with Gasteiger partial charge in [-0.3, -0.25) is 4.90 Å². The molecule has 3 nitrogen and oxygen atoms in total. The molecule has 2 N–H and O–H groups in total. The van der Waals surface area contributed by atoms with Crippen molar-refractivity contribution in [2.75, 3.05) is 19.6 Å². The van der Waals surface area contributed by atoms with Crippen molar-refractivity contribution in [3.05, 3.63) is 72.0 Å². The molecule has 0 spiro atoms. The lowest BCUT2D eigenvalue weighted by molar-refractivity contribution is 0.113. The average Bonchev–Trinajstić information content (AvgIpc) is 3.13. The van der Waals surface area contributed by atoms with Gasteiger partial charge in [0.15, 0.2) is 0 Å². The van der Waals surface area contributed by atoms with Gasteiger partial charge in [-0.15, -0.1) is 0 Å². The van der Waals surface area contributed by atoms with Gasteiger partial charge in [0.2, 0.25) is 0 Å². The topological polar surface area (TPSA) is 43.7 Å². The summed E-state index contributed by atoms with van der Waals surface area (Å²) in [6.07, 6.45) is 0.999. The molecule has 2 aromatic rings. The Labute approximate surface area is 148 Å². The molecule has 4 heteroatoms. The van der Waals surface area contributed by atoms with Crippen molar-refractivity contribution in [2.24, 2.45) is 11.8 Å². The Morgan fingerprint density at radius 1 is 0.960 bits per heavy atom. The van der Waals surface area contributed by atoms with Crippen molar-refractivity contribution >= 4 is 0 Å². The van der Waals surface area contributed by atoms with Crippen LogP contribution in [0.15, 0.2) is 60.7 Å². The number of fused-ring (bicyclic) bond motifs is 1. The molecule has 1 saturated heterocycles. The van der Waals surface area contributed by atoms with E-state index in [0.717, 1.165) is 25.9 Å². The van der Waals surface area contributed by atoms with Crippen LogP contribution in [0.2, 0.25) is 0 Å². The number of benzene rings is 2. The summed E-state index contributed by atoms with van der Waals surface area (Å²) in [7, 11) is 0. The van der Waals surface area contributed by atoms with Crippen LogP contribution in [0.4, 0.5) is 4.39 Å². The number of aliphatic hydroxyl groups is 2. The number of hydrogen-bond acceptors (Lipinski definition) is 3. The van der Waals surface area contributed by atoms with E-state index in [2.05, 4.69) is 4.90 Å². The SMILES string of the molecule is OC1C[C@@H]2CN(CC(O)c3cccc(F)c3)C[C@@H]2C1.c1ccccc1. The molecule has 2 aliphatic rings. The van der Waals surface area contributed by atoms with E-state index in [1.807, 2.05) is 36.4 Å². The molecular formula is C21H26FNO2. The number of aliphatic hydroxyl groups excluding tert-OH is 2. The molecule has 0 bridgehead atoms. The number of halogens is 1. The van der Waals surface area contributed by atoms with Crippen LogP contribution < -0.4 is 0 Å². The highest BCUT2D eigenvalue weighted by Crippen LogP contribution is 2.38. The summed E-state index contributed by atoms with van der Waals surface area (Å²) in [5.74, 6) is 0.822. The summed E-state index contributed by atoms with van der Waals surface area (Å²) in [6, 6.07) is 18.2. The van der Waals surface area contributed by atoms with E-state index >= 15 is 0 Å². The van der Waals surface area contributed by atoms with Crippen LogP contribution in [0, 0.1) is 17.7 Å². The van der Waals surface area contributed by atoms with Crippen LogP contribution in [-0.4, -0.2) is 40.9 Å². The molecular weight excluding hydrogens is 317 g/mol. The van der Waals surface area contributed by atoms with Crippen LogP contribution in [0.3, 0.4) is 0 Å². The number of nitrogens with zero attached hydrogens (tertiary/aromatic N) is 1. The number of likely N-dealkylation sites (tertiary alicyclic amines) is 1. The van der Waals surface area contributed by atoms with Gasteiger partial charge in [0, 0.05) is 19.6 Å². The first kappa shape index (κ1) is 18.1. The summed E-state index contributed by atoms with van der Waals surface area (Å²) in [5, 5.41) is 19.8. The van der Waals surface area contributed by atoms with Crippen LogP contribution >= 0.6 is 0 Å². The molecule has 1 saturated carbocycles. The maximum absolute atomic E-state index is 13.1. The van der Waals surface area contributed by atoms with Gasteiger partial charge in [-0.25, -0.2) is 4.39 Å². The highest BCUT2D eigenvalue weighted by molar-refractivity contribution is 5.19. The van der Waals surface area contributed by atoms with Crippen molar-refractivity contribution in [2.45, 2.75) is 25.0 Å². The van der Waals surface area contributed by atoms with Crippen molar-refractivity contribution in [1.29, 1.82) is 0 Å². The Balaban J connectivity index is 0.000000258. The zero-order chi connectivity index (χ0) is 17.6. The predicted molar refractivity (Wildman–Crippen MR) is 96.5 cm³/mol. The summed E-state index contributed by atoms with van der Waals surface area (Å²) in [5.41, 5.74) is 0.636. The van der Waals surface area contributed by atoms with Gasteiger partial charge in [-0.1, -0.05) is 48.5 Å². The van der Waals surface area contributed by atoms with Gasteiger partial charge >= 0.3 is 0 Å². The van der Waals surface area contributed by atoms with Gasteiger partial charge in [0.05, 0.1) is 12.2 Å². The molecule has 25 heavy (non-hydrogen) atoms. The molecule has 1 heterocycles. The van der Waals surface area contributed by atoms with Crippen LogP contribution in [-0.2, 0) is 0 Å². The third-order valence-electron chi connectivity index (χ3n) is 5.13. The first-order chi connectivity index (χ1) is 12.1. The van der Waals surface area contributed by atoms with Gasteiger partial charge in [-0.05, 0) is 42.4 Å². The first-order valence-electron chi connectivity index (χ1n) is 8.96. The van der Waals surface area contributed by atoms with E-state index in [1.165, 1.54) is 12.1 Å². The van der Waals surface area contributed by atoms with Gasteiger partial charge < -0.3 is 10.2 Å². The Morgan fingerprint density at radius 3 is 2.04 bits per heavy atom. The summed E-state index contributed by atoms with van der Waals surface area (Å²) >= 11 is 0. The summed E-state index contributed by atoms with van der Waals surface area (Å²) in [6.45, 7) is 2.43. The Hall–Kier alpha value is -1.75. The fraction of sp³-hybridized carbons (Fsp3) is 0.429. The zero-order valence-electron chi connectivity index (χ0n) is 14.3. The lowest BCUT2D eigenvalue weighted by atomic mass is 10.0. The quantitative estimate of drug-likeness (QED) is 0.899. The zero-order valence-corrected chi connectivity index (χ0v) is 14.3. The van der Waals surface area contributed by atoms with Crippen LogP contribution in [0.25, 0.3) is 0 Å². The normalized spacial score (nSPS) is 26.6. The van der Waals surface area contributed by atoms with Gasteiger partial charge in [0.25, 0.3) is 0 Å². The first-order valence-corrected chi connectivity index (χ1v) is 8.96. The number of β-amino-alcohol motifs (C(OH)–C–C–N with tert-alkyl or cyclic N) is 1. The molecule has 2 unspecified atom stereocenters. The Kier molecular flexibility index (Phi) is 6.19. The minimum Gasteiger partial charge on any atom is -0.393 e. The van der Waals surface area contributed by atoms with Gasteiger partial charge in [0.1, 0.15) is 5.82 Å².